The van der Waals surface area contributed by atoms with Gasteiger partial charge in [0.15, 0.2) is 34.7 Å². The summed E-state index contributed by atoms with van der Waals surface area (Å²) in [5.74, 6) is -14.1. The first kappa shape index (κ1) is 24.7. The van der Waals surface area contributed by atoms with E-state index in [1.54, 1.807) is 13.0 Å². The van der Waals surface area contributed by atoms with Gasteiger partial charge >= 0.3 is 5.97 Å². The molecule has 3 unspecified atom stereocenters. The van der Waals surface area contributed by atoms with E-state index in [1.807, 2.05) is 0 Å². The predicted molar refractivity (Wildman–Crippen MR) is 117 cm³/mol. The summed E-state index contributed by atoms with van der Waals surface area (Å²) in [6.07, 6.45) is -1.43. The number of aliphatic hydroxyl groups is 1. The molecule has 2 fully saturated rings. The molecule has 11 heteroatoms. The molecule has 3 aliphatic rings. The van der Waals surface area contributed by atoms with Gasteiger partial charge < -0.3 is 20.7 Å². The van der Waals surface area contributed by atoms with Gasteiger partial charge in [0.05, 0.1) is 23.4 Å². The van der Waals surface area contributed by atoms with Crippen LogP contribution in [-0.4, -0.2) is 82.0 Å². The van der Waals surface area contributed by atoms with Gasteiger partial charge in [0.2, 0.25) is 5.91 Å². The highest BCUT2D eigenvalue weighted by Crippen LogP contribution is 2.55. The van der Waals surface area contributed by atoms with Gasteiger partial charge in [-0.05, 0) is 31.6 Å². The van der Waals surface area contributed by atoms with E-state index < -0.39 is 82.3 Å². The normalized spacial score (nSPS) is 36.3. The van der Waals surface area contributed by atoms with Crippen LogP contribution in [0.3, 0.4) is 0 Å². The van der Waals surface area contributed by atoms with Crippen molar-refractivity contribution in [3.63, 3.8) is 0 Å². The maximum atomic E-state index is 13.9. The molecule has 0 aliphatic heterocycles. The Morgan fingerprint density at radius 2 is 1.74 bits per heavy atom. The largest absolute Gasteiger partial charge is 0.507 e. The van der Waals surface area contributed by atoms with Crippen molar-refractivity contribution in [1.29, 1.82) is 0 Å². The lowest BCUT2D eigenvalue weighted by molar-refractivity contribution is -0.205. The van der Waals surface area contributed by atoms with Crippen molar-refractivity contribution in [3.8, 4) is 5.75 Å². The van der Waals surface area contributed by atoms with Crippen LogP contribution in [0.25, 0.3) is 0 Å². The minimum absolute atomic E-state index is 0.131. The predicted octanol–water partition coefficient (Wildman–Crippen LogP) is -1.03. The number of hydrogen-bond donors (Lipinski definition) is 3. The van der Waals surface area contributed by atoms with Crippen LogP contribution in [0.5, 0.6) is 5.75 Å². The van der Waals surface area contributed by atoms with Crippen LogP contribution in [-0.2, 0) is 28.7 Å². The molecule has 186 valence electrons. The molecule has 35 heavy (non-hydrogen) atoms. The summed E-state index contributed by atoms with van der Waals surface area (Å²) >= 11 is 0. The van der Waals surface area contributed by atoms with Crippen molar-refractivity contribution in [2.24, 2.45) is 29.4 Å². The van der Waals surface area contributed by atoms with Gasteiger partial charge in [-0.25, -0.2) is 0 Å². The fraction of sp³-hybridized carbons (Fsp3) is 0.500. The molecule has 1 aromatic carbocycles. The molecule has 8 atom stereocenters. The maximum absolute atomic E-state index is 13.9. The molecule has 2 saturated carbocycles. The van der Waals surface area contributed by atoms with Crippen molar-refractivity contribution in [2.45, 2.75) is 37.5 Å². The smallest absolute Gasteiger partial charge is 0.302 e. The summed E-state index contributed by atoms with van der Waals surface area (Å²) in [5, 5.41) is 22.1. The zero-order valence-corrected chi connectivity index (χ0v) is 19.6. The second-order valence-corrected chi connectivity index (χ2v) is 9.69. The number of amides is 1. The fourth-order valence-electron chi connectivity index (χ4n) is 6.26. The van der Waals surface area contributed by atoms with E-state index in [0.717, 1.165) is 6.92 Å². The highest BCUT2D eigenvalue weighted by molar-refractivity contribution is 6.32. The highest BCUT2D eigenvalue weighted by Gasteiger charge is 2.73. The number of phenols is 1. The zero-order valence-electron chi connectivity index (χ0n) is 19.6. The molecule has 1 amide bonds. The Balaban J connectivity index is 2.03. The number of esters is 1. The first-order valence-electron chi connectivity index (χ1n) is 11.1. The number of carbonyl (C=O) groups is 6. The van der Waals surface area contributed by atoms with Crippen LogP contribution in [0.1, 0.15) is 35.7 Å². The molecule has 4 rings (SSSR count). The van der Waals surface area contributed by atoms with Crippen LogP contribution < -0.4 is 5.73 Å². The van der Waals surface area contributed by atoms with Crippen LogP contribution in [0.15, 0.2) is 18.2 Å². The number of carbonyl (C=O) groups excluding carboxylic acids is 6. The van der Waals surface area contributed by atoms with Gasteiger partial charge in [0.1, 0.15) is 11.9 Å². The number of hydrogen-bond acceptors (Lipinski definition) is 10. The molecule has 0 aromatic heterocycles. The lowest BCUT2D eigenvalue weighted by atomic mass is 9.49. The van der Waals surface area contributed by atoms with Crippen molar-refractivity contribution in [1.82, 2.24) is 4.90 Å². The number of ether oxygens (including phenoxy) is 1. The van der Waals surface area contributed by atoms with Crippen LogP contribution in [0, 0.1) is 23.7 Å². The average molecular weight is 486 g/mol. The number of rotatable bonds is 3. The van der Waals surface area contributed by atoms with Crippen molar-refractivity contribution in [3.05, 3.63) is 29.3 Å². The van der Waals surface area contributed by atoms with Gasteiger partial charge in [0, 0.05) is 12.8 Å². The lowest BCUT2D eigenvalue weighted by Gasteiger charge is -2.56. The monoisotopic (exact) mass is 486 g/mol. The topological polar surface area (TPSA) is 181 Å². The molecule has 3 aliphatic carbocycles. The molecular weight excluding hydrogens is 460 g/mol. The van der Waals surface area contributed by atoms with E-state index in [-0.39, 0.29) is 11.3 Å². The van der Waals surface area contributed by atoms with Gasteiger partial charge in [-0.2, -0.15) is 0 Å². The minimum atomic E-state index is -3.01. The number of aromatic hydroxyl groups is 1. The fourth-order valence-corrected chi connectivity index (χ4v) is 6.26. The molecule has 4 N–H and O–H groups in total. The summed E-state index contributed by atoms with van der Waals surface area (Å²) in [5.41, 5.74) is 2.56. The third-order valence-electron chi connectivity index (χ3n) is 7.63. The second kappa shape index (κ2) is 8.06. The number of Topliss-reactive ketones (excluding diaryl/α,β-unsaturated/α-hetero) is 4. The van der Waals surface area contributed by atoms with Crippen LogP contribution in [0.2, 0.25) is 0 Å². The lowest BCUT2D eigenvalue weighted by Crippen LogP contribution is -2.78. The van der Waals surface area contributed by atoms with Crippen molar-refractivity contribution < 1.29 is 43.7 Å². The van der Waals surface area contributed by atoms with Gasteiger partial charge in [-0.3, -0.25) is 33.7 Å². The Kier molecular flexibility index (Phi) is 5.68. The third kappa shape index (κ3) is 3.18. The summed E-state index contributed by atoms with van der Waals surface area (Å²) in [6, 6.07) is 2.98. The molecule has 1 aromatic rings. The molecule has 0 saturated heterocycles. The molecule has 0 heterocycles. The first-order chi connectivity index (χ1) is 16.3. The number of primary amides is 1. The molecule has 0 bridgehead atoms. The number of fused-ring (bicyclic) bond motifs is 3. The summed E-state index contributed by atoms with van der Waals surface area (Å²) in [7, 11) is 2.89. The van der Waals surface area contributed by atoms with Gasteiger partial charge in [-0.15, -0.1) is 0 Å². The van der Waals surface area contributed by atoms with Crippen molar-refractivity contribution in [2.75, 3.05) is 14.1 Å². The maximum Gasteiger partial charge on any atom is 0.302 e. The highest BCUT2D eigenvalue weighted by atomic mass is 16.5. The Morgan fingerprint density at radius 3 is 2.29 bits per heavy atom. The molecule has 11 nitrogen and oxygen atoms in total. The summed E-state index contributed by atoms with van der Waals surface area (Å²) < 4.78 is 5.57. The number of phenolic OH excluding ortho intramolecular Hbond substituents is 1. The number of nitrogens with two attached hydrogens (primary N) is 1. The van der Waals surface area contributed by atoms with E-state index >= 15 is 0 Å². The number of nitrogens with zero attached hydrogens (tertiary/aromatic N) is 1. The Hall–Kier alpha value is -3.44. The van der Waals surface area contributed by atoms with E-state index in [0.29, 0.717) is 5.56 Å². The van der Waals surface area contributed by atoms with Gasteiger partial charge in [-0.1, -0.05) is 19.1 Å². The first-order valence-corrected chi connectivity index (χ1v) is 11.1. The van der Waals surface area contributed by atoms with E-state index in [2.05, 4.69) is 0 Å². The molecular formula is C24H26N2O9. The van der Waals surface area contributed by atoms with Crippen LogP contribution in [0.4, 0.5) is 0 Å². The number of likely N-dealkylation sites (N-methyl/N-ethyl adjacent to an activating group) is 1. The average Bonchev–Trinajstić information content (AvgIpc) is 2.75. The van der Waals surface area contributed by atoms with Crippen molar-refractivity contribution >= 4 is 35.0 Å². The third-order valence-corrected chi connectivity index (χ3v) is 7.63. The Labute approximate surface area is 200 Å². The minimum Gasteiger partial charge on any atom is -0.507 e. The molecule has 0 radical (unpaired) electrons. The van der Waals surface area contributed by atoms with E-state index in [4.69, 9.17) is 10.5 Å². The number of ketones is 4. The standard InChI is InChI=1S/C24H26N2O9/c1-8-10-6-5-7-11(28)13(10)18(29)14-12(8)20(35-9(2)27)16-17(26(3)4)19(30)15(23(25)33)22(32)24(16,34)21(14)31/h5-8,12,14-17,20,28,34H,1-4H3,(H2,25,33)/t8?,12-,14?,15?,16-,17+,20+,24+/m1/s1. The summed E-state index contributed by atoms with van der Waals surface area (Å²) in [6.45, 7) is 2.75. The quantitative estimate of drug-likeness (QED) is 0.353. The number of benzene rings is 1. The van der Waals surface area contributed by atoms with E-state index in [1.165, 1.54) is 31.1 Å². The Morgan fingerprint density at radius 1 is 1.11 bits per heavy atom. The Bertz CT molecular complexity index is 1190. The van der Waals surface area contributed by atoms with Crippen LogP contribution >= 0.6 is 0 Å². The SMILES string of the molecule is CC(=O)O[C@H]1[C@H]2C(C(=O)c3c(O)cccc3C2C)C(=O)[C@]2(O)C(=O)C(C(N)=O)C(=O)[C@@H](N(C)C)[C@H]12. The van der Waals surface area contributed by atoms with E-state index in [9.17, 15) is 39.0 Å². The second-order valence-electron chi connectivity index (χ2n) is 9.69. The zero-order chi connectivity index (χ0) is 26.1. The van der Waals surface area contributed by atoms with Gasteiger partial charge in [0.25, 0.3) is 0 Å². The summed E-state index contributed by atoms with van der Waals surface area (Å²) in [4.78, 5) is 79.7. The molecule has 0 spiro atoms.